The zero-order valence-corrected chi connectivity index (χ0v) is 11.0. The summed E-state index contributed by atoms with van der Waals surface area (Å²) < 4.78 is 0. The molecule has 0 aliphatic heterocycles. The van der Waals surface area contributed by atoms with Gasteiger partial charge < -0.3 is 5.11 Å². The fraction of sp³-hybridized carbons (Fsp3) is 0.118. The highest BCUT2D eigenvalue weighted by atomic mass is 16.3. The molecule has 0 radical (unpaired) electrons. The average molecular weight is 249 g/mol. The van der Waals surface area contributed by atoms with Crippen molar-refractivity contribution in [2.45, 2.75) is 13.8 Å². The van der Waals surface area contributed by atoms with E-state index in [0.717, 1.165) is 33.3 Å². The molecule has 2 nitrogen and oxygen atoms in total. The molecule has 0 aliphatic carbocycles. The molecule has 94 valence electrons. The Kier molecular flexibility index (Phi) is 2.71. The second-order valence-corrected chi connectivity index (χ2v) is 4.86. The summed E-state index contributed by atoms with van der Waals surface area (Å²) in [7, 11) is 0. The first-order valence-corrected chi connectivity index (χ1v) is 6.31. The largest absolute Gasteiger partial charge is 0.508 e. The van der Waals surface area contributed by atoms with Crippen molar-refractivity contribution in [2.75, 3.05) is 0 Å². The highest BCUT2D eigenvalue weighted by Crippen LogP contribution is 2.28. The summed E-state index contributed by atoms with van der Waals surface area (Å²) in [6.07, 6.45) is 0. The van der Waals surface area contributed by atoms with Crippen LogP contribution in [0.4, 0.5) is 0 Å². The lowest BCUT2D eigenvalue weighted by Crippen LogP contribution is -1.86. The van der Waals surface area contributed by atoms with Crippen molar-refractivity contribution < 1.29 is 5.11 Å². The van der Waals surface area contributed by atoms with Crippen molar-refractivity contribution >= 4 is 10.9 Å². The maximum atomic E-state index is 9.48. The van der Waals surface area contributed by atoms with Crippen LogP contribution < -0.4 is 0 Å². The van der Waals surface area contributed by atoms with Gasteiger partial charge in [-0.15, -0.1) is 0 Å². The molecular formula is C17H15NO. The molecule has 0 unspecified atom stereocenters. The van der Waals surface area contributed by atoms with Crippen molar-refractivity contribution in [1.82, 2.24) is 4.98 Å². The van der Waals surface area contributed by atoms with Gasteiger partial charge in [0.25, 0.3) is 0 Å². The van der Waals surface area contributed by atoms with Gasteiger partial charge in [0, 0.05) is 11.1 Å². The highest BCUT2D eigenvalue weighted by molar-refractivity contribution is 5.85. The van der Waals surface area contributed by atoms with Gasteiger partial charge in [-0.05, 0) is 60.9 Å². The van der Waals surface area contributed by atoms with Crippen LogP contribution >= 0.6 is 0 Å². The summed E-state index contributed by atoms with van der Waals surface area (Å²) in [5, 5.41) is 10.6. The van der Waals surface area contributed by atoms with Crippen molar-refractivity contribution in [1.29, 1.82) is 0 Å². The first kappa shape index (κ1) is 11.7. The third kappa shape index (κ3) is 2.17. The number of nitrogens with zero attached hydrogens (tertiary/aromatic N) is 1. The summed E-state index contributed by atoms with van der Waals surface area (Å²) in [4.78, 5) is 4.51. The van der Waals surface area contributed by atoms with Crippen LogP contribution in [0.3, 0.4) is 0 Å². The van der Waals surface area contributed by atoms with Crippen molar-refractivity contribution in [2.24, 2.45) is 0 Å². The minimum Gasteiger partial charge on any atom is -0.508 e. The molecule has 0 fully saturated rings. The number of aromatic nitrogens is 1. The molecule has 19 heavy (non-hydrogen) atoms. The molecule has 0 amide bonds. The number of aryl methyl sites for hydroxylation is 2. The van der Waals surface area contributed by atoms with Gasteiger partial charge in [-0.3, -0.25) is 4.98 Å². The molecule has 1 aromatic heterocycles. The van der Waals surface area contributed by atoms with Crippen molar-refractivity contribution in [3.8, 4) is 16.9 Å². The van der Waals surface area contributed by atoms with Crippen LogP contribution in [-0.2, 0) is 0 Å². The predicted octanol–water partition coefficient (Wildman–Crippen LogP) is 4.22. The molecule has 1 heterocycles. The topological polar surface area (TPSA) is 33.1 Å². The minimum absolute atomic E-state index is 0.305. The van der Waals surface area contributed by atoms with Crippen LogP contribution in [0.1, 0.15) is 11.3 Å². The maximum absolute atomic E-state index is 9.48. The van der Waals surface area contributed by atoms with Gasteiger partial charge >= 0.3 is 0 Å². The van der Waals surface area contributed by atoms with Gasteiger partial charge in [0.05, 0.1) is 5.52 Å². The van der Waals surface area contributed by atoms with E-state index in [-0.39, 0.29) is 0 Å². The molecule has 3 aromatic rings. The van der Waals surface area contributed by atoms with E-state index >= 15 is 0 Å². The third-order valence-corrected chi connectivity index (χ3v) is 3.35. The Labute approximate surface area is 112 Å². The molecule has 0 saturated carbocycles. The summed E-state index contributed by atoms with van der Waals surface area (Å²) in [5.74, 6) is 0.305. The number of benzene rings is 2. The molecule has 1 N–H and O–H groups in total. The van der Waals surface area contributed by atoms with E-state index in [1.807, 2.05) is 32.0 Å². The second kappa shape index (κ2) is 4.39. The Hall–Kier alpha value is -2.35. The molecule has 0 atom stereocenters. The summed E-state index contributed by atoms with van der Waals surface area (Å²) in [6.45, 7) is 4.00. The molecule has 0 aliphatic rings. The number of pyridine rings is 1. The molecule has 2 aromatic carbocycles. The molecule has 0 spiro atoms. The van der Waals surface area contributed by atoms with Crippen LogP contribution in [0.25, 0.3) is 22.0 Å². The van der Waals surface area contributed by atoms with E-state index in [0.29, 0.717) is 5.75 Å². The summed E-state index contributed by atoms with van der Waals surface area (Å²) in [6, 6.07) is 15.8. The van der Waals surface area contributed by atoms with E-state index in [2.05, 4.69) is 23.2 Å². The zero-order chi connectivity index (χ0) is 13.4. The third-order valence-electron chi connectivity index (χ3n) is 3.35. The number of phenols is 1. The lowest BCUT2D eigenvalue weighted by Gasteiger charge is -2.08. The number of rotatable bonds is 1. The van der Waals surface area contributed by atoms with Gasteiger partial charge in [-0.2, -0.15) is 0 Å². The van der Waals surface area contributed by atoms with Crippen LogP contribution in [0, 0.1) is 13.8 Å². The van der Waals surface area contributed by atoms with Crippen molar-refractivity contribution in [3.63, 3.8) is 0 Å². The normalized spacial score (nSPS) is 10.8. The standard InChI is InChI=1S/C17H15NO/c1-11-9-15(19)6-7-16(11)13-5-8-17-14(10-13)4-3-12(2)18-17/h3-10,19H,1-2H3. The monoisotopic (exact) mass is 249 g/mol. The first-order valence-electron chi connectivity index (χ1n) is 6.31. The fourth-order valence-corrected chi connectivity index (χ4v) is 2.37. The number of phenolic OH excluding ortho intramolecular Hbond substituents is 1. The predicted molar refractivity (Wildman–Crippen MR) is 78.3 cm³/mol. The van der Waals surface area contributed by atoms with Crippen LogP contribution in [-0.4, -0.2) is 10.1 Å². The molecule has 0 saturated heterocycles. The lowest BCUT2D eigenvalue weighted by molar-refractivity contribution is 0.475. The molecule has 0 bridgehead atoms. The number of fused-ring (bicyclic) bond motifs is 1. The number of hydrogen-bond donors (Lipinski definition) is 1. The minimum atomic E-state index is 0.305. The Morgan fingerprint density at radius 3 is 2.53 bits per heavy atom. The van der Waals surface area contributed by atoms with Crippen molar-refractivity contribution in [3.05, 3.63) is 59.8 Å². The Morgan fingerprint density at radius 1 is 0.895 bits per heavy atom. The van der Waals surface area contributed by atoms with Gasteiger partial charge in [0.1, 0.15) is 5.75 Å². The van der Waals surface area contributed by atoms with Crippen LogP contribution in [0.5, 0.6) is 5.75 Å². The second-order valence-electron chi connectivity index (χ2n) is 4.86. The molecule has 3 rings (SSSR count). The molecular weight excluding hydrogens is 234 g/mol. The van der Waals surface area contributed by atoms with Gasteiger partial charge in [-0.25, -0.2) is 0 Å². The summed E-state index contributed by atoms with van der Waals surface area (Å²) >= 11 is 0. The van der Waals surface area contributed by atoms with E-state index in [1.165, 1.54) is 0 Å². The van der Waals surface area contributed by atoms with Crippen LogP contribution in [0.2, 0.25) is 0 Å². The number of hydrogen-bond acceptors (Lipinski definition) is 2. The lowest BCUT2D eigenvalue weighted by atomic mass is 9.99. The maximum Gasteiger partial charge on any atom is 0.115 e. The van der Waals surface area contributed by atoms with E-state index < -0.39 is 0 Å². The molecule has 2 heteroatoms. The van der Waals surface area contributed by atoms with Gasteiger partial charge in [0.15, 0.2) is 0 Å². The Bertz CT molecular complexity index is 762. The average Bonchev–Trinajstić information content (AvgIpc) is 2.38. The van der Waals surface area contributed by atoms with Gasteiger partial charge in [0.2, 0.25) is 0 Å². The Balaban J connectivity index is 2.17. The zero-order valence-electron chi connectivity index (χ0n) is 11.0. The SMILES string of the molecule is Cc1ccc2cc(-c3ccc(O)cc3C)ccc2n1. The van der Waals surface area contributed by atoms with E-state index in [4.69, 9.17) is 0 Å². The van der Waals surface area contributed by atoms with Gasteiger partial charge in [-0.1, -0.05) is 18.2 Å². The smallest absolute Gasteiger partial charge is 0.115 e. The first-order chi connectivity index (χ1) is 9.13. The number of aromatic hydroxyl groups is 1. The Morgan fingerprint density at radius 2 is 1.74 bits per heavy atom. The van der Waals surface area contributed by atoms with E-state index in [1.54, 1.807) is 12.1 Å². The van der Waals surface area contributed by atoms with E-state index in [9.17, 15) is 5.11 Å². The highest BCUT2D eigenvalue weighted by Gasteiger charge is 2.04. The van der Waals surface area contributed by atoms with Crippen LogP contribution in [0.15, 0.2) is 48.5 Å². The quantitative estimate of drug-likeness (QED) is 0.700. The summed E-state index contributed by atoms with van der Waals surface area (Å²) in [5.41, 5.74) is 5.40. The fourth-order valence-electron chi connectivity index (χ4n) is 2.37.